The monoisotopic (exact) mass is 303 g/mol. The number of carbonyl (C=O) groups excluding carboxylic acids is 2. The van der Waals surface area contributed by atoms with Crippen LogP contribution in [0.3, 0.4) is 0 Å². The number of nitrogens with zero attached hydrogens (tertiary/aromatic N) is 1. The fraction of sp³-hybridized carbons (Fsp3) is 0.375. The summed E-state index contributed by atoms with van der Waals surface area (Å²) in [6, 6.07) is 3.57. The first-order valence-electron chi connectivity index (χ1n) is 7.20. The SMILES string of the molecule is CCOC(=O)c1c(-n2cccc2C=O)sc2c1CCCC2. The summed E-state index contributed by atoms with van der Waals surface area (Å²) in [4.78, 5) is 24.8. The number of ether oxygens (including phenoxy) is 1. The van der Waals surface area contributed by atoms with Gasteiger partial charge in [0.25, 0.3) is 0 Å². The molecule has 2 aromatic rings. The van der Waals surface area contributed by atoms with Crippen molar-refractivity contribution in [1.82, 2.24) is 4.57 Å². The molecule has 0 fully saturated rings. The van der Waals surface area contributed by atoms with E-state index in [0.717, 1.165) is 42.5 Å². The maximum absolute atomic E-state index is 12.4. The summed E-state index contributed by atoms with van der Waals surface area (Å²) in [5, 5.41) is 0.812. The molecule has 3 rings (SSSR count). The number of rotatable bonds is 4. The number of aldehydes is 1. The van der Waals surface area contributed by atoms with Crippen molar-refractivity contribution in [2.45, 2.75) is 32.6 Å². The Balaban J connectivity index is 2.17. The predicted molar refractivity (Wildman–Crippen MR) is 81.6 cm³/mol. The third-order valence-electron chi connectivity index (χ3n) is 3.75. The Hall–Kier alpha value is -1.88. The van der Waals surface area contributed by atoms with E-state index in [2.05, 4.69) is 0 Å². The van der Waals surface area contributed by atoms with Gasteiger partial charge in [0.1, 0.15) is 5.00 Å². The molecular weight excluding hydrogens is 286 g/mol. The molecule has 0 bridgehead atoms. The van der Waals surface area contributed by atoms with Crippen LogP contribution in [0.2, 0.25) is 0 Å². The Morgan fingerprint density at radius 2 is 2.24 bits per heavy atom. The maximum atomic E-state index is 12.4. The molecule has 110 valence electrons. The van der Waals surface area contributed by atoms with Crippen molar-refractivity contribution >= 4 is 23.6 Å². The second-order valence-electron chi connectivity index (χ2n) is 5.03. The van der Waals surface area contributed by atoms with Gasteiger partial charge in [-0.05, 0) is 50.3 Å². The van der Waals surface area contributed by atoms with Crippen LogP contribution < -0.4 is 0 Å². The van der Waals surface area contributed by atoms with Gasteiger partial charge < -0.3 is 9.30 Å². The molecule has 0 saturated carbocycles. The molecule has 4 nitrogen and oxygen atoms in total. The second-order valence-corrected chi connectivity index (χ2v) is 6.12. The van der Waals surface area contributed by atoms with Gasteiger partial charge in [-0.25, -0.2) is 4.79 Å². The topological polar surface area (TPSA) is 48.3 Å². The lowest BCUT2D eigenvalue weighted by Gasteiger charge is -2.12. The summed E-state index contributed by atoms with van der Waals surface area (Å²) in [5.41, 5.74) is 2.32. The van der Waals surface area contributed by atoms with E-state index >= 15 is 0 Å². The molecule has 0 radical (unpaired) electrons. The molecule has 0 unspecified atom stereocenters. The molecule has 0 atom stereocenters. The van der Waals surface area contributed by atoms with Crippen molar-refractivity contribution in [3.8, 4) is 5.00 Å². The van der Waals surface area contributed by atoms with Crippen molar-refractivity contribution in [3.05, 3.63) is 40.0 Å². The fourth-order valence-corrected chi connectivity index (χ4v) is 4.19. The highest BCUT2D eigenvalue weighted by molar-refractivity contribution is 7.15. The van der Waals surface area contributed by atoms with Crippen LogP contribution in [0, 0.1) is 0 Å². The van der Waals surface area contributed by atoms with Crippen LogP contribution >= 0.6 is 11.3 Å². The lowest BCUT2D eigenvalue weighted by atomic mass is 9.95. The number of aryl methyl sites for hydroxylation is 1. The maximum Gasteiger partial charge on any atom is 0.341 e. The molecule has 2 aromatic heterocycles. The van der Waals surface area contributed by atoms with E-state index in [9.17, 15) is 9.59 Å². The average molecular weight is 303 g/mol. The van der Waals surface area contributed by atoms with Crippen LogP contribution in [-0.4, -0.2) is 23.4 Å². The molecule has 0 spiro atoms. The lowest BCUT2D eigenvalue weighted by Crippen LogP contribution is -2.12. The zero-order chi connectivity index (χ0) is 14.8. The largest absolute Gasteiger partial charge is 0.462 e. The number of thiophene rings is 1. The minimum Gasteiger partial charge on any atom is -0.462 e. The smallest absolute Gasteiger partial charge is 0.341 e. The summed E-state index contributed by atoms with van der Waals surface area (Å²) in [7, 11) is 0. The van der Waals surface area contributed by atoms with E-state index in [1.165, 1.54) is 4.88 Å². The number of carbonyl (C=O) groups is 2. The second kappa shape index (κ2) is 5.85. The number of aromatic nitrogens is 1. The molecule has 0 N–H and O–H groups in total. The number of hydrogen-bond acceptors (Lipinski definition) is 4. The van der Waals surface area contributed by atoms with Crippen LogP contribution in [0.25, 0.3) is 5.00 Å². The Labute approximate surface area is 127 Å². The molecule has 1 aliphatic carbocycles. The standard InChI is InChI=1S/C16H17NO3S/c1-2-20-16(19)14-12-7-3-4-8-13(12)21-15(14)17-9-5-6-11(17)10-18/h5-6,9-10H,2-4,7-8H2,1H3. The molecule has 2 heterocycles. The first-order chi connectivity index (χ1) is 10.3. The van der Waals surface area contributed by atoms with Crippen molar-refractivity contribution in [2.75, 3.05) is 6.61 Å². The van der Waals surface area contributed by atoms with Gasteiger partial charge in [0, 0.05) is 11.1 Å². The van der Waals surface area contributed by atoms with Gasteiger partial charge in [0.15, 0.2) is 6.29 Å². The molecule has 1 aliphatic rings. The molecule has 0 aromatic carbocycles. The van der Waals surface area contributed by atoms with Crippen LogP contribution in [0.1, 0.15) is 51.1 Å². The highest BCUT2D eigenvalue weighted by atomic mass is 32.1. The van der Waals surface area contributed by atoms with E-state index in [0.29, 0.717) is 17.9 Å². The van der Waals surface area contributed by atoms with E-state index in [-0.39, 0.29) is 5.97 Å². The summed E-state index contributed by atoms with van der Waals surface area (Å²) in [6.07, 6.45) is 6.81. The fourth-order valence-electron chi connectivity index (χ4n) is 2.81. The third kappa shape index (κ3) is 2.42. The van der Waals surface area contributed by atoms with Gasteiger partial charge in [-0.15, -0.1) is 11.3 Å². The number of esters is 1. The van der Waals surface area contributed by atoms with E-state index in [1.807, 2.05) is 19.2 Å². The Kier molecular flexibility index (Phi) is 3.92. The minimum absolute atomic E-state index is 0.280. The number of fused-ring (bicyclic) bond motifs is 1. The molecule has 0 amide bonds. The predicted octanol–water partition coefficient (Wildman–Crippen LogP) is 3.41. The van der Waals surface area contributed by atoms with Gasteiger partial charge in [-0.1, -0.05) is 0 Å². The van der Waals surface area contributed by atoms with Gasteiger partial charge in [-0.2, -0.15) is 0 Å². The van der Waals surface area contributed by atoms with Crippen LogP contribution in [-0.2, 0) is 17.6 Å². The van der Waals surface area contributed by atoms with E-state index in [1.54, 1.807) is 22.0 Å². The Morgan fingerprint density at radius 1 is 1.43 bits per heavy atom. The molecular formula is C16H17NO3S. The van der Waals surface area contributed by atoms with Crippen LogP contribution in [0.5, 0.6) is 0 Å². The summed E-state index contributed by atoms with van der Waals surface area (Å²) < 4.78 is 7.02. The minimum atomic E-state index is -0.280. The van der Waals surface area contributed by atoms with E-state index in [4.69, 9.17) is 4.74 Å². The van der Waals surface area contributed by atoms with Crippen LogP contribution in [0.15, 0.2) is 18.3 Å². The van der Waals surface area contributed by atoms with Crippen molar-refractivity contribution < 1.29 is 14.3 Å². The first-order valence-corrected chi connectivity index (χ1v) is 8.02. The Bertz CT molecular complexity index is 684. The zero-order valence-electron chi connectivity index (χ0n) is 11.9. The van der Waals surface area contributed by atoms with Crippen molar-refractivity contribution in [1.29, 1.82) is 0 Å². The quantitative estimate of drug-likeness (QED) is 0.642. The summed E-state index contributed by atoms with van der Waals surface area (Å²) >= 11 is 1.61. The highest BCUT2D eigenvalue weighted by Crippen LogP contribution is 2.37. The molecule has 0 saturated heterocycles. The molecule has 0 aliphatic heterocycles. The molecule has 5 heteroatoms. The van der Waals surface area contributed by atoms with E-state index < -0.39 is 0 Å². The average Bonchev–Trinajstić information content (AvgIpc) is 3.10. The van der Waals surface area contributed by atoms with Gasteiger partial charge in [-0.3, -0.25) is 4.79 Å². The Morgan fingerprint density at radius 3 is 3.00 bits per heavy atom. The van der Waals surface area contributed by atoms with Crippen molar-refractivity contribution in [3.63, 3.8) is 0 Å². The number of hydrogen-bond donors (Lipinski definition) is 0. The molecule has 21 heavy (non-hydrogen) atoms. The summed E-state index contributed by atoms with van der Waals surface area (Å²) in [6.45, 7) is 2.16. The van der Waals surface area contributed by atoms with Gasteiger partial charge >= 0.3 is 5.97 Å². The normalized spacial score (nSPS) is 13.8. The zero-order valence-corrected chi connectivity index (χ0v) is 12.7. The van der Waals surface area contributed by atoms with Gasteiger partial charge in [0.2, 0.25) is 0 Å². The van der Waals surface area contributed by atoms with Gasteiger partial charge in [0.05, 0.1) is 17.9 Å². The first kappa shape index (κ1) is 14.1. The summed E-state index contributed by atoms with van der Waals surface area (Å²) in [5.74, 6) is -0.280. The van der Waals surface area contributed by atoms with Crippen molar-refractivity contribution in [2.24, 2.45) is 0 Å². The van der Waals surface area contributed by atoms with Crippen LogP contribution in [0.4, 0.5) is 0 Å². The lowest BCUT2D eigenvalue weighted by molar-refractivity contribution is 0.0525. The third-order valence-corrected chi connectivity index (χ3v) is 5.04. The highest BCUT2D eigenvalue weighted by Gasteiger charge is 2.27.